The largest absolute Gasteiger partial charge is 0.311 e. The number of carbonyl (C=O) groups is 2. The maximum Gasteiger partial charge on any atom is 0.229 e. The predicted octanol–water partition coefficient (Wildman–Crippen LogP) is 4.00. The van der Waals surface area contributed by atoms with E-state index >= 15 is 0 Å². The van der Waals surface area contributed by atoms with Crippen LogP contribution < -0.4 is 10.2 Å². The molecule has 0 aliphatic carbocycles. The first-order valence-electron chi connectivity index (χ1n) is 9.59. The Labute approximate surface area is 164 Å². The van der Waals surface area contributed by atoms with Gasteiger partial charge in [-0.25, -0.2) is 0 Å². The molecule has 27 heavy (non-hydrogen) atoms. The van der Waals surface area contributed by atoms with Crippen LogP contribution in [0.5, 0.6) is 0 Å². The molecule has 1 saturated heterocycles. The molecule has 0 bridgehead atoms. The molecule has 1 aliphatic heterocycles. The molecule has 2 amide bonds. The van der Waals surface area contributed by atoms with Crippen molar-refractivity contribution in [3.8, 4) is 0 Å². The average molecular weight is 387 g/mol. The summed E-state index contributed by atoms with van der Waals surface area (Å²) in [5, 5.41) is 12.5. The number of aryl methyl sites for hydroxylation is 1. The highest BCUT2D eigenvalue weighted by Crippen LogP contribution is 2.35. The van der Waals surface area contributed by atoms with Crippen molar-refractivity contribution in [3.63, 3.8) is 0 Å². The molecule has 1 aromatic heterocycles. The molecule has 1 aliphatic rings. The number of rotatable bonds is 7. The van der Waals surface area contributed by atoms with E-state index in [4.69, 9.17) is 0 Å². The molecule has 144 valence electrons. The zero-order valence-electron chi connectivity index (χ0n) is 16.1. The third kappa shape index (κ3) is 4.18. The van der Waals surface area contributed by atoms with Gasteiger partial charge in [0.25, 0.3) is 0 Å². The standard InChI is InChI=1S/C20H26N4O2S/c1-4-13(5-2)18(26)21-20-23-22-19(27-20)15-11-17(25)24(12-15)16-10-8-7-9-14(16)6-3/h7-10,13,15H,4-6,11-12H2,1-3H3,(H,21,23,26)/t15-/m0/s1. The zero-order chi connectivity index (χ0) is 19.4. The Kier molecular flexibility index (Phi) is 6.21. The third-order valence-corrected chi connectivity index (χ3v) is 6.17. The number of carbonyl (C=O) groups excluding carboxylic acids is 2. The van der Waals surface area contributed by atoms with Crippen LogP contribution in [0, 0.1) is 5.92 Å². The summed E-state index contributed by atoms with van der Waals surface area (Å²) in [7, 11) is 0. The van der Waals surface area contributed by atoms with Crippen LogP contribution in [0.3, 0.4) is 0 Å². The van der Waals surface area contributed by atoms with Crippen molar-refractivity contribution in [1.29, 1.82) is 0 Å². The van der Waals surface area contributed by atoms with E-state index in [0.717, 1.165) is 30.0 Å². The molecule has 6 nitrogen and oxygen atoms in total. The van der Waals surface area contributed by atoms with Crippen LogP contribution in [0.4, 0.5) is 10.8 Å². The number of nitrogens with zero attached hydrogens (tertiary/aromatic N) is 3. The van der Waals surface area contributed by atoms with Gasteiger partial charge in [0.15, 0.2) is 0 Å². The van der Waals surface area contributed by atoms with Crippen LogP contribution in [0.25, 0.3) is 0 Å². The lowest BCUT2D eigenvalue weighted by Gasteiger charge is -2.19. The lowest BCUT2D eigenvalue weighted by molar-refractivity contribution is -0.120. The summed E-state index contributed by atoms with van der Waals surface area (Å²) in [6, 6.07) is 8.03. The smallest absolute Gasteiger partial charge is 0.229 e. The number of nitrogens with one attached hydrogen (secondary N) is 1. The molecule has 1 N–H and O–H groups in total. The minimum absolute atomic E-state index is 0.00792. The number of aromatic nitrogens is 2. The second-order valence-electron chi connectivity index (χ2n) is 6.84. The van der Waals surface area contributed by atoms with Crippen LogP contribution in [0.1, 0.15) is 56.5 Å². The van der Waals surface area contributed by atoms with Gasteiger partial charge in [0.05, 0.1) is 0 Å². The van der Waals surface area contributed by atoms with Crippen molar-refractivity contribution >= 4 is 34.0 Å². The number of hydrogen-bond acceptors (Lipinski definition) is 5. The molecule has 3 rings (SSSR count). The van der Waals surface area contributed by atoms with E-state index < -0.39 is 0 Å². The normalized spacial score (nSPS) is 17.0. The quantitative estimate of drug-likeness (QED) is 0.780. The minimum atomic E-state index is -0.0105. The van der Waals surface area contributed by atoms with Crippen molar-refractivity contribution in [2.45, 2.75) is 52.4 Å². The Morgan fingerprint density at radius 3 is 2.70 bits per heavy atom. The first-order valence-corrected chi connectivity index (χ1v) is 10.4. The van der Waals surface area contributed by atoms with Gasteiger partial charge in [0.1, 0.15) is 5.01 Å². The molecule has 2 aromatic rings. The molecule has 0 saturated carbocycles. The van der Waals surface area contributed by atoms with Crippen molar-refractivity contribution in [1.82, 2.24) is 10.2 Å². The van der Waals surface area contributed by atoms with Gasteiger partial charge >= 0.3 is 0 Å². The summed E-state index contributed by atoms with van der Waals surface area (Å²) in [5.74, 6) is 0.104. The lowest BCUT2D eigenvalue weighted by atomic mass is 10.0. The molecule has 0 unspecified atom stereocenters. The fourth-order valence-corrected chi connectivity index (χ4v) is 4.33. The molecule has 0 radical (unpaired) electrons. The molecule has 1 atom stereocenters. The summed E-state index contributed by atoms with van der Waals surface area (Å²) in [6.07, 6.45) is 2.91. The maximum atomic E-state index is 12.6. The fraction of sp³-hybridized carbons (Fsp3) is 0.500. The van der Waals surface area contributed by atoms with Crippen LogP contribution in [0.15, 0.2) is 24.3 Å². The van der Waals surface area contributed by atoms with Gasteiger partial charge < -0.3 is 10.2 Å². The Balaban J connectivity index is 1.71. The van der Waals surface area contributed by atoms with E-state index in [1.54, 1.807) is 0 Å². The Morgan fingerprint density at radius 2 is 2.00 bits per heavy atom. The summed E-state index contributed by atoms with van der Waals surface area (Å²) in [4.78, 5) is 26.7. The summed E-state index contributed by atoms with van der Waals surface area (Å²) in [5.41, 5.74) is 2.15. The number of anilines is 2. The maximum absolute atomic E-state index is 12.6. The Bertz CT molecular complexity index is 816. The van der Waals surface area contributed by atoms with Gasteiger partial charge in [0.2, 0.25) is 16.9 Å². The van der Waals surface area contributed by atoms with Gasteiger partial charge in [-0.3, -0.25) is 9.59 Å². The van der Waals surface area contributed by atoms with E-state index in [2.05, 4.69) is 28.5 Å². The van der Waals surface area contributed by atoms with Crippen LogP contribution in [-0.2, 0) is 16.0 Å². The third-order valence-electron chi connectivity index (χ3n) is 5.16. The van der Waals surface area contributed by atoms with Gasteiger partial charge in [-0.05, 0) is 30.9 Å². The zero-order valence-corrected chi connectivity index (χ0v) is 16.9. The summed E-state index contributed by atoms with van der Waals surface area (Å²) >= 11 is 1.37. The molecular weight excluding hydrogens is 360 g/mol. The second-order valence-corrected chi connectivity index (χ2v) is 7.84. The minimum Gasteiger partial charge on any atom is -0.311 e. The second kappa shape index (κ2) is 8.61. The molecule has 7 heteroatoms. The van der Waals surface area contributed by atoms with Crippen molar-refractivity contribution < 1.29 is 9.59 Å². The average Bonchev–Trinajstić information content (AvgIpc) is 3.29. The van der Waals surface area contributed by atoms with Crippen molar-refractivity contribution in [2.75, 3.05) is 16.8 Å². The molecular formula is C20H26N4O2S. The van der Waals surface area contributed by atoms with Crippen molar-refractivity contribution in [3.05, 3.63) is 34.8 Å². The van der Waals surface area contributed by atoms with E-state index in [1.165, 1.54) is 16.9 Å². The van der Waals surface area contributed by atoms with Gasteiger partial charge in [0, 0.05) is 30.5 Å². The number of hydrogen-bond donors (Lipinski definition) is 1. The first-order chi connectivity index (χ1) is 13.1. The number of benzene rings is 1. The number of para-hydroxylation sites is 1. The highest BCUT2D eigenvalue weighted by molar-refractivity contribution is 7.15. The van der Waals surface area contributed by atoms with E-state index in [9.17, 15) is 9.59 Å². The van der Waals surface area contributed by atoms with Gasteiger partial charge in [-0.2, -0.15) is 0 Å². The van der Waals surface area contributed by atoms with E-state index in [1.807, 2.05) is 36.9 Å². The molecule has 1 fully saturated rings. The SMILES string of the molecule is CCc1ccccc1N1C[C@@H](c2nnc(NC(=O)C(CC)CC)s2)CC1=O. The monoisotopic (exact) mass is 386 g/mol. The highest BCUT2D eigenvalue weighted by atomic mass is 32.1. The highest BCUT2D eigenvalue weighted by Gasteiger charge is 2.34. The number of amides is 2. The van der Waals surface area contributed by atoms with Crippen LogP contribution in [0.2, 0.25) is 0 Å². The van der Waals surface area contributed by atoms with E-state index in [-0.39, 0.29) is 23.7 Å². The van der Waals surface area contributed by atoms with Crippen molar-refractivity contribution in [2.24, 2.45) is 5.92 Å². The Morgan fingerprint density at radius 1 is 1.26 bits per heavy atom. The van der Waals surface area contributed by atoms with Gasteiger partial charge in [-0.1, -0.05) is 50.3 Å². The predicted molar refractivity (Wildman–Crippen MR) is 108 cm³/mol. The van der Waals surface area contributed by atoms with E-state index in [0.29, 0.717) is 18.1 Å². The molecule has 1 aromatic carbocycles. The van der Waals surface area contributed by atoms with Gasteiger partial charge in [-0.15, -0.1) is 10.2 Å². The fourth-order valence-electron chi connectivity index (χ4n) is 3.50. The topological polar surface area (TPSA) is 75.2 Å². The Hall–Kier alpha value is -2.28. The summed E-state index contributed by atoms with van der Waals surface area (Å²) in [6.45, 7) is 6.71. The van der Waals surface area contributed by atoms with Crippen LogP contribution in [-0.4, -0.2) is 28.6 Å². The molecule has 0 spiro atoms. The first kappa shape index (κ1) is 19.5. The molecule has 2 heterocycles. The lowest BCUT2D eigenvalue weighted by Crippen LogP contribution is -2.25. The van der Waals surface area contributed by atoms with Crippen LogP contribution >= 0.6 is 11.3 Å². The summed E-state index contributed by atoms with van der Waals surface area (Å²) < 4.78 is 0.